The first-order chi connectivity index (χ1) is 12.1. The number of benzene rings is 2. The van der Waals surface area contributed by atoms with E-state index in [0.29, 0.717) is 5.69 Å². The smallest absolute Gasteiger partial charge is 0.228 e. The van der Waals surface area contributed by atoms with Crippen LogP contribution in [0.15, 0.2) is 48.8 Å². The monoisotopic (exact) mass is 358 g/mol. The predicted molar refractivity (Wildman–Crippen MR) is 94.9 cm³/mol. The third kappa shape index (κ3) is 3.85. The van der Waals surface area contributed by atoms with Gasteiger partial charge in [0.2, 0.25) is 5.91 Å². The number of carbonyl (C=O) groups is 1. The molecule has 1 heterocycles. The Morgan fingerprint density at radius 2 is 2.08 bits per heavy atom. The fourth-order valence-electron chi connectivity index (χ4n) is 2.51. The third-order valence-corrected chi connectivity index (χ3v) is 4.11. The first-order valence-electron chi connectivity index (χ1n) is 7.79. The van der Waals surface area contributed by atoms with Crippen molar-refractivity contribution in [2.45, 2.75) is 19.9 Å². The number of anilines is 1. The topological polar surface area (TPSA) is 59.8 Å². The number of hydrogen-bond donors (Lipinski definition) is 1. The summed E-state index contributed by atoms with van der Waals surface area (Å²) in [4.78, 5) is 12.2. The molecule has 25 heavy (non-hydrogen) atoms. The minimum Gasteiger partial charge on any atom is -0.326 e. The molecule has 0 bridgehead atoms. The van der Waals surface area contributed by atoms with Crippen molar-refractivity contribution in [1.82, 2.24) is 14.8 Å². The molecule has 1 N–H and O–H groups in total. The predicted octanol–water partition coefficient (Wildman–Crippen LogP) is 3.94. The van der Waals surface area contributed by atoms with E-state index in [0.717, 1.165) is 17.9 Å². The van der Waals surface area contributed by atoms with Gasteiger partial charge < -0.3 is 9.88 Å². The van der Waals surface area contributed by atoms with E-state index in [2.05, 4.69) is 15.5 Å². The summed E-state index contributed by atoms with van der Waals surface area (Å²) < 4.78 is 15.7. The molecule has 1 aromatic heterocycles. The van der Waals surface area contributed by atoms with Crippen molar-refractivity contribution in [3.63, 3.8) is 0 Å². The molecule has 0 fully saturated rings. The van der Waals surface area contributed by atoms with Gasteiger partial charge in [0.1, 0.15) is 12.1 Å². The second kappa shape index (κ2) is 7.44. The maximum Gasteiger partial charge on any atom is 0.228 e. The van der Waals surface area contributed by atoms with Gasteiger partial charge in [-0.3, -0.25) is 4.79 Å². The standard InChI is InChI=1S/C18H16ClFN4O/c1-2-24-11-21-23-18(24)12-5-3-6-13(9-12)22-17(25)10-14-15(19)7-4-8-16(14)20/h3-9,11H,2,10H2,1H3,(H,22,25). The van der Waals surface area contributed by atoms with Gasteiger partial charge in [0.15, 0.2) is 5.82 Å². The number of hydrogen-bond acceptors (Lipinski definition) is 3. The van der Waals surface area contributed by atoms with E-state index in [1.807, 2.05) is 23.6 Å². The van der Waals surface area contributed by atoms with Crippen LogP contribution < -0.4 is 5.32 Å². The van der Waals surface area contributed by atoms with Gasteiger partial charge >= 0.3 is 0 Å². The summed E-state index contributed by atoms with van der Waals surface area (Å²) in [7, 11) is 0. The Hall–Kier alpha value is -2.73. The van der Waals surface area contributed by atoms with Crippen LogP contribution in [-0.2, 0) is 17.8 Å². The highest BCUT2D eigenvalue weighted by molar-refractivity contribution is 6.31. The summed E-state index contributed by atoms with van der Waals surface area (Å²) in [5, 5.41) is 11.0. The van der Waals surface area contributed by atoms with Gasteiger partial charge in [0.05, 0.1) is 6.42 Å². The normalized spacial score (nSPS) is 10.7. The van der Waals surface area contributed by atoms with E-state index < -0.39 is 5.82 Å². The molecule has 2 aromatic carbocycles. The van der Waals surface area contributed by atoms with Crippen LogP contribution in [0.1, 0.15) is 12.5 Å². The lowest BCUT2D eigenvalue weighted by Crippen LogP contribution is -2.15. The van der Waals surface area contributed by atoms with Gasteiger partial charge in [-0.2, -0.15) is 0 Å². The Morgan fingerprint density at radius 1 is 1.28 bits per heavy atom. The van der Waals surface area contributed by atoms with Gasteiger partial charge in [-0.05, 0) is 31.2 Å². The molecule has 0 aliphatic rings. The average molecular weight is 359 g/mol. The molecule has 0 saturated heterocycles. The molecule has 0 unspecified atom stereocenters. The van der Waals surface area contributed by atoms with Crippen LogP contribution in [-0.4, -0.2) is 20.7 Å². The Bertz CT molecular complexity index is 889. The summed E-state index contributed by atoms with van der Waals surface area (Å²) in [6.07, 6.45) is 1.52. The number of nitrogens with zero attached hydrogens (tertiary/aromatic N) is 3. The molecule has 3 aromatic rings. The summed E-state index contributed by atoms with van der Waals surface area (Å²) in [5.41, 5.74) is 1.62. The van der Waals surface area contributed by atoms with Crippen molar-refractivity contribution >= 4 is 23.2 Å². The Kier molecular flexibility index (Phi) is 5.09. The lowest BCUT2D eigenvalue weighted by Gasteiger charge is -2.09. The molecule has 3 rings (SSSR count). The first kappa shape index (κ1) is 17.1. The number of halogens is 2. The second-order valence-corrected chi connectivity index (χ2v) is 5.85. The van der Waals surface area contributed by atoms with E-state index in [1.54, 1.807) is 24.5 Å². The average Bonchev–Trinajstić information content (AvgIpc) is 3.07. The van der Waals surface area contributed by atoms with Gasteiger partial charge in [-0.1, -0.05) is 29.8 Å². The number of aromatic nitrogens is 3. The molecular formula is C18H16ClFN4O. The molecule has 5 nitrogen and oxygen atoms in total. The molecule has 0 aliphatic heterocycles. The van der Waals surface area contributed by atoms with Crippen molar-refractivity contribution < 1.29 is 9.18 Å². The van der Waals surface area contributed by atoms with Gasteiger partial charge in [-0.25, -0.2) is 4.39 Å². The van der Waals surface area contributed by atoms with E-state index in [4.69, 9.17) is 11.6 Å². The molecule has 0 radical (unpaired) electrons. The van der Waals surface area contributed by atoms with Crippen LogP contribution in [0.2, 0.25) is 5.02 Å². The van der Waals surface area contributed by atoms with Crippen LogP contribution in [0.25, 0.3) is 11.4 Å². The zero-order valence-electron chi connectivity index (χ0n) is 13.5. The third-order valence-electron chi connectivity index (χ3n) is 3.76. The molecule has 0 spiro atoms. The number of rotatable bonds is 5. The molecule has 0 aliphatic carbocycles. The van der Waals surface area contributed by atoms with Crippen molar-refractivity contribution in [2.24, 2.45) is 0 Å². The minimum atomic E-state index is -0.493. The summed E-state index contributed by atoms with van der Waals surface area (Å²) in [5.74, 6) is -0.121. The van der Waals surface area contributed by atoms with Crippen LogP contribution in [0.3, 0.4) is 0 Å². The van der Waals surface area contributed by atoms with Gasteiger partial charge in [-0.15, -0.1) is 10.2 Å². The zero-order chi connectivity index (χ0) is 17.8. The summed E-state index contributed by atoms with van der Waals surface area (Å²) in [6.45, 7) is 2.74. The van der Waals surface area contributed by atoms with Gasteiger partial charge in [0, 0.05) is 28.4 Å². The number of aryl methyl sites for hydroxylation is 1. The van der Waals surface area contributed by atoms with Gasteiger partial charge in [0.25, 0.3) is 0 Å². The second-order valence-electron chi connectivity index (χ2n) is 5.45. The maximum atomic E-state index is 13.8. The Balaban J connectivity index is 1.77. The van der Waals surface area contributed by atoms with Crippen molar-refractivity contribution in [3.8, 4) is 11.4 Å². The number of amides is 1. The number of nitrogens with one attached hydrogen (secondary N) is 1. The molecule has 0 atom stereocenters. The van der Waals surface area contributed by atoms with Crippen LogP contribution in [0, 0.1) is 5.82 Å². The highest BCUT2D eigenvalue weighted by Gasteiger charge is 2.13. The summed E-state index contributed by atoms with van der Waals surface area (Å²) in [6, 6.07) is 11.6. The molecule has 0 saturated carbocycles. The van der Waals surface area contributed by atoms with Crippen LogP contribution >= 0.6 is 11.6 Å². The molecular weight excluding hydrogens is 343 g/mol. The summed E-state index contributed by atoms with van der Waals surface area (Å²) >= 11 is 5.96. The minimum absolute atomic E-state index is 0.138. The quantitative estimate of drug-likeness (QED) is 0.751. The van der Waals surface area contributed by atoms with E-state index in [-0.39, 0.29) is 22.9 Å². The Morgan fingerprint density at radius 3 is 2.84 bits per heavy atom. The fourth-order valence-corrected chi connectivity index (χ4v) is 2.74. The van der Waals surface area contributed by atoms with Crippen molar-refractivity contribution in [2.75, 3.05) is 5.32 Å². The van der Waals surface area contributed by atoms with Crippen molar-refractivity contribution in [1.29, 1.82) is 0 Å². The largest absolute Gasteiger partial charge is 0.326 e. The highest BCUT2D eigenvalue weighted by Crippen LogP contribution is 2.22. The molecule has 1 amide bonds. The lowest BCUT2D eigenvalue weighted by atomic mass is 10.1. The van der Waals surface area contributed by atoms with E-state index in [9.17, 15) is 9.18 Å². The van der Waals surface area contributed by atoms with Crippen LogP contribution in [0.5, 0.6) is 0 Å². The SMILES string of the molecule is CCn1cnnc1-c1cccc(NC(=O)Cc2c(F)cccc2Cl)c1. The lowest BCUT2D eigenvalue weighted by molar-refractivity contribution is -0.115. The van der Waals surface area contributed by atoms with E-state index in [1.165, 1.54) is 12.1 Å². The zero-order valence-corrected chi connectivity index (χ0v) is 14.3. The highest BCUT2D eigenvalue weighted by atomic mass is 35.5. The molecule has 128 valence electrons. The van der Waals surface area contributed by atoms with Crippen molar-refractivity contribution in [3.05, 3.63) is 65.2 Å². The molecule has 7 heteroatoms. The van der Waals surface area contributed by atoms with E-state index >= 15 is 0 Å². The van der Waals surface area contributed by atoms with Crippen LogP contribution in [0.4, 0.5) is 10.1 Å². The maximum absolute atomic E-state index is 13.8. The first-order valence-corrected chi connectivity index (χ1v) is 8.17. The fraction of sp³-hybridized carbons (Fsp3) is 0.167. The number of carbonyl (C=O) groups excluding carboxylic acids is 1. The Labute approximate surface area is 149 Å².